The Morgan fingerprint density at radius 3 is 2.31 bits per heavy atom. The molecule has 0 aliphatic rings. The summed E-state index contributed by atoms with van der Waals surface area (Å²) in [6, 6.07) is 7.11. The fourth-order valence-corrected chi connectivity index (χ4v) is 1.46. The second-order valence-electron chi connectivity index (χ2n) is 4.27. The van der Waals surface area contributed by atoms with Gasteiger partial charge in [0.15, 0.2) is 5.78 Å². The Kier molecular flexibility index (Phi) is 3.82. The smallest absolute Gasteiger partial charge is 0.224 e. The first-order valence-corrected chi connectivity index (χ1v) is 5.37. The Bertz CT molecular complexity index is 410. The molecular formula is C13H17NO2. The predicted molar refractivity (Wildman–Crippen MR) is 63.2 cm³/mol. The number of hydrogen-bond donors (Lipinski definition) is 1. The minimum Gasteiger partial charge on any atom is -0.369 e. The zero-order valence-corrected chi connectivity index (χ0v) is 9.86. The monoisotopic (exact) mass is 219 g/mol. The largest absolute Gasteiger partial charge is 0.369 e. The van der Waals surface area contributed by atoms with E-state index in [-0.39, 0.29) is 23.5 Å². The molecule has 1 rings (SSSR count). The zero-order chi connectivity index (χ0) is 12.3. The summed E-state index contributed by atoms with van der Waals surface area (Å²) in [5.41, 5.74) is 6.66. The number of primary amides is 1. The molecule has 1 aromatic carbocycles. The molecular weight excluding hydrogens is 202 g/mol. The van der Waals surface area contributed by atoms with Gasteiger partial charge in [0.1, 0.15) is 0 Å². The third-order valence-electron chi connectivity index (χ3n) is 2.62. The van der Waals surface area contributed by atoms with Crippen LogP contribution in [0.5, 0.6) is 0 Å². The van der Waals surface area contributed by atoms with E-state index in [1.165, 1.54) is 0 Å². The summed E-state index contributed by atoms with van der Waals surface area (Å²) in [5, 5.41) is 0. The van der Waals surface area contributed by atoms with Crippen molar-refractivity contribution in [1.82, 2.24) is 0 Å². The van der Waals surface area contributed by atoms with Crippen LogP contribution in [0.2, 0.25) is 0 Å². The molecule has 0 spiro atoms. The van der Waals surface area contributed by atoms with Crippen LogP contribution in [0, 0.1) is 5.92 Å². The van der Waals surface area contributed by atoms with Crippen LogP contribution >= 0.6 is 0 Å². The molecule has 0 aromatic heterocycles. The molecule has 2 N–H and O–H groups in total. The van der Waals surface area contributed by atoms with Gasteiger partial charge in [-0.1, -0.05) is 32.0 Å². The maximum absolute atomic E-state index is 11.8. The van der Waals surface area contributed by atoms with E-state index in [1.807, 2.05) is 19.9 Å². The van der Waals surface area contributed by atoms with Crippen molar-refractivity contribution in [3.05, 3.63) is 35.4 Å². The van der Waals surface area contributed by atoms with Crippen molar-refractivity contribution >= 4 is 11.7 Å². The Hall–Kier alpha value is -1.64. The molecule has 1 atom stereocenters. The van der Waals surface area contributed by atoms with Crippen molar-refractivity contribution in [2.45, 2.75) is 26.7 Å². The first kappa shape index (κ1) is 12.4. The number of rotatable bonds is 4. The number of ketones is 1. The molecule has 0 radical (unpaired) electrons. The van der Waals surface area contributed by atoms with E-state index in [1.54, 1.807) is 25.1 Å². The summed E-state index contributed by atoms with van der Waals surface area (Å²) < 4.78 is 0. The third kappa shape index (κ3) is 2.69. The number of Topliss-reactive ketones (excluding diaryl/α,β-unsaturated/α-hetero) is 1. The molecule has 3 heteroatoms. The minimum atomic E-state index is -0.380. The van der Waals surface area contributed by atoms with E-state index in [0.29, 0.717) is 5.56 Å². The molecule has 0 saturated heterocycles. The first-order chi connectivity index (χ1) is 7.43. The summed E-state index contributed by atoms with van der Waals surface area (Å²) >= 11 is 0. The lowest BCUT2D eigenvalue weighted by Crippen LogP contribution is -2.19. The van der Waals surface area contributed by atoms with Gasteiger partial charge in [-0.05, 0) is 18.6 Å². The molecule has 0 saturated carbocycles. The second-order valence-corrected chi connectivity index (χ2v) is 4.27. The van der Waals surface area contributed by atoms with Crippen molar-refractivity contribution in [3.8, 4) is 0 Å². The summed E-state index contributed by atoms with van der Waals surface area (Å²) in [6.07, 6.45) is 0. The van der Waals surface area contributed by atoms with Crippen LogP contribution in [-0.4, -0.2) is 11.7 Å². The SMILES string of the molecule is CC(C)C(=O)c1cccc([C@@H](C)C(N)=O)c1. The molecule has 0 heterocycles. The van der Waals surface area contributed by atoms with Gasteiger partial charge in [-0.25, -0.2) is 0 Å². The van der Waals surface area contributed by atoms with E-state index in [9.17, 15) is 9.59 Å². The van der Waals surface area contributed by atoms with E-state index < -0.39 is 0 Å². The Balaban J connectivity index is 3.04. The number of hydrogen-bond acceptors (Lipinski definition) is 2. The van der Waals surface area contributed by atoms with E-state index in [2.05, 4.69) is 0 Å². The molecule has 0 bridgehead atoms. The van der Waals surface area contributed by atoms with Crippen molar-refractivity contribution in [2.24, 2.45) is 11.7 Å². The van der Waals surface area contributed by atoms with Crippen molar-refractivity contribution in [3.63, 3.8) is 0 Å². The Morgan fingerprint density at radius 2 is 1.81 bits per heavy atom. The van der Waals surface area contributed by atoms with Gasteiger partial charge < -0.3 is 5.73 Å². The third-order valence-corrected chi connectivity index (χ3v) is 2.62. The van der Waals surface area contributed by atoms with Gasteiger partial charge in [0.05, 0.1) is 5.92 Å². The number of amides is 1. The van der Waals surface area contributed by atoms with Crippen LogP contribution in [-0.2, 0) is 4.79 Å². The summed E-state index contributed by atoms with van der Waals surface area (Å²) in [5.74, 6) is -0.702. The van der Waals surface area contributed by atoms with Gasteiger partial charge >= 0.3 is 0 Å². The zero-order valence-electron chi connectivity index (χ0n) is 9.86. The lowest BCUT2D eigenvalue weighted by Gasteiger charge is -2.10. The lowest BCUT2D eigenvalue weighted by molar-refractivity contribution is -0.119. The number of nitrogens with two attached hydrogens (primary N) is 1. The highest BCUT2D eigenvalue weighted by Gasteiger charge is 2.15. The van der Waals surface area contributed by atoms with Crippen molar-refractivity contribution in [1.29, 1.82) is 0 Å². The van der Waals surface area contributed by atoms with Crippen LogP contribution in [0.3, 0.4) is 0 Å². The molecule has 3 nitrogen and oxygen atoms in total. The van der Waals surface area contributed by atoms with Crippen LogP contribution < -0.4 is 5.73 Å². The van der Waals surface area contributed by atoms with Crippen LogP contribution in [0.15, 0.2) is 24.3 Å². The highest BCUT2D eigenvalue weighted by molar-refractivity contribution is 5.97. The van der Waals surface area contributed by atoms with Gasteiger partial charge in [-0.3, -0.25) is 9.59 Å². The number of benzene rings is 1. The molecule has 1 aromatic rings. The van der Waals surface area contributed by atoms with E-state index in [4.69, 9.17) is 5.73 Å². The van der Waals surface area contributed by atoms with Crippen molar-refractivity contribution in [2.75, 3.05) is 0 Å². The van der Waals surface area contributed by atoms with Crippen molar-refractivity contribution < 1.29 is 9.59 Å². The molecule has 0 aliphatic carbocycles. The maximum Gasteiger partial charge on any atom is 0.224 e. The Labute approximate surface area is 95.6 Å². The molecule has 0 fully saturated rings. The highest BCUT2D eigenvalue weighted by Crippen LogP contribution is 2.18. The van der Waals surface area contributed by atoms with Crippen LogP contribution in [0.1, 0.15) is 42.6 Å². The number of carbonyl (C=O) groups excluding carboxylic acids is 2. The fourth-order valence-electron chi connectivity index (χ4n) is 1.46. The lowest BCUT2D eigenvalue weighted by atomic mass is 9.94. The summed E-state index contributed by atoms with van der Waals surface area (Å²) in [6.45, 7) is 5.44. The molecule has 0 aliphatic heterocycles. The average molecular weight is 219 g/mol. The fraction of sp³-hybridized carbons (Fsp3) is 0.385. The first-order valence-electron chi connectivity index (χ1n) is 5.37. The van der Waals surface area contributed by atoms with Gasteiger partial charge in [-0.2, -0.15) is 0 Å². The van der Waals surface area contributed by atoms with Gasteiger partial charge in [-0.15, -0.1) is 0 Å². The van der Waals surface area contributed by atoms with Gasteiger partial charge in [0.25, 0.3) is 0 Å². The van der Waals surface area contributed by atoms with Gasteiger partial charge in [0.2, 0.25) is 5.91 Å². The van der Waals surface area contributed by atoms with E-state index in [0.717, 1.165) is 5.56 Å². The summed E-state index contributed by atoms with van der Waals surface area (Å²) in [7, 11) is 0. The van der Waals surface area contributed by atoms with Crippen LogP contribution in [0.25, 0.3) is 0 Å². The average Bonchev–Trinajstić information content (AvgIpc) is 2.26. The molecule has 16 heavy (non-hydrogen) atoms. The normalized spacial score (nSPS) is 12.5. The second kappa shape index (κ2) is 4.92. The molecule has 0 unspecified atom stereocenters. The molecule has 86 valence electrons. The standard InChI is InChI=1S/C13H17NO2/c1-8(2)12(15)11-6-4-5-10(7-11)9(3)13(14)16/h4-9H,1-3H3,(H2,14,16)/t9-/m1/s1. The number of carbonyl (C=O) groups is 2. The van der Waals surface area contributed by atoms with E-state index >= 15 is 0 Å². The van der Waals surface area contributed by atoms with Crippen LogP contribution in [0.4, 0.5) is 0 Å². The molecule has 1 amide bonds. The quantitative estimate of drug-likeness (QED) is 0.788. The van der Waals surface area contributed by atoms with Gasteiger partial charge in [0, 0.05) is 11.5 Å². The minimum absolute atomic E-state index is 0.0425. The Morgan fingerprint density at radius 1 is 1.19 bits per heavy atom. The summed E-state index contributed by atoms with van der Waals surface area (Å²) in [4.78, 5) is 22.8. The maximum atomic E-state index is 11.8. The highest BCUT2D eigenvalue weighted by atomic mass is 16.1. The predicted octanol–water partition coefficient (Wildman–Crippen LogP) is 2.11. The topological polar surface area (TPSA) is 60.2 Å².